The molecular weight excluding hydrogens is 246 g/mol. The first-order chi connectivity index (χ1) is 9.31. The second-order valence-corrected chi connectivity index (χ2v) is 6.22. The average molecular weight is 275 g/mol. The standard InChI is InChI=1S/C17H29N3/c1-12(2)9-18-10-16-14(5)8-15(6)19-17(16)20(7)11-13(3)4/h8,12,18H,3,9-11H2,1-2,4-7H3. The number of nitrogens with one attached hydrogen (secondary N) is 1. The molecule has 0 radical (unpaired) electrons. The monoisotopic (exact) mass is 275 g/mol. The normalized spacial score (nSPS) is 10.9. The molecule has 1 rings (SSSR count). The van der Waals surface area contributed by atoms with Crippen molar-refractivity contribution in [2.24, 2.45) is 5.92 Å². The van der Waals surface area contributed by atoms with Gasteiger partial charge in [-0.25, -0.2) is 4.98 Å². The fourth-order valence-electron chi connectivity index (χ4n) is 2.34. The molecule has 112 valence electrons. The van der Waals surface area contributed by atoms with Crippen LogP contribution in [0.4, 0.5) is 5.82 Å². The fourth-order valence-corrected chi connectivity index (χ4v) is 2.34. The molecule has 1 N–H and O–H groups in total. The Morgan fingerprint density at radius 2 is 2.05 bits per heavy atom. The van der Waals surface area contributed by atoms with Crippen molar-refractivity contribution in [3.8, 4) is 0 Å². The molecule has 0 aliphatic rings. The lowest BCUT2D eigenvalue weighted by molar-refractivity contribution is 0.551. The molecule has 3 heteroatoms. The van der Waals surface area contributed by atoms with Crippen LogP contribution in [0.15, 0.2) is 18.2 Å². The van der Waals surface area contributed by atoms with Crippen LogP contribution in [-0.4, -0.2) is 25.1 Å². The molecular formula is C17H29N3. The van der Waals surface area contributed by atoms with Crippen molar-refractivity contribution in [1.29, 1.82) is 0 Å². The molecule has 0 saturated carbocycles. The van der Waals surface area contributed by atoms with Gasteiger partial charge in [0.25, 0.3) is 0 Å². The molecule has 1 aromatic heterocycles. The van der Waals surface area contributed by atoms with E-state index in [-0.39, 0.29) is 0 Å². The number of anilines is 1. The van der Waals surface area contributed by atoms with Gasteiger partial charge in [0.2, 0.25) is 0 Å². The van der Waals surface area contributed by atoms with Crippen LogP contribution in [-0.2, 0) is 6.54 Å². The predicted octanol–water partition coefficient (Wildman–Crippen LogP) is 3.46. The molecule has 0 unspecified atom stereocenters. The number of hydrogen-bond acceptors (Lipinski definition) is 3. The van der Waals surface area contributed by atoms with Crippen molar-refractivity contribution in [1.82, 2.24) is 10.3 Å². The number of rotatable bonds is 7. The molecule has 0 aliphatic carbocycles. The first-order valence-electron chi connectivity index (χ1n) is 7.34. The molecule has 20 heavy (non-hydrogen) atoms. The van der Waals surface area contributed by atoms with Crippen molar-refractivity contribution in [3.63, 3.8) is 0 Å². The maximum atomic E-state index is 4.73. The fraction of sp³-hybridized carbons (Fsp3) is 0.588. The Balaban J connectivity index is 2.98. The summed E-state index contributed by atoms with van der Waals surface area (Å²) in [5.41, 5.74) is 4.81. The van der Waals surface area contributed by atoms with Gasteiger partial charge in [0.15, 0.2) is 0 Å². The molecule has 0 spiro atoms. The van der Waals surface area contributed by atoms with Crippen molar-refractivity contribution in [2.75, 3.05) is 25.0 Å². The molecule has 0 saturated heterocycles. The van der Waals surface area contributed by atoms with E-state index in [0.29, 0.717) is 5.92 Å². The van der Waals surface area contributed by atoms with Gasteiger partial charge < -0.3 is 10.2 Å². The summed E-state index contributed by atoms with van der Waals surface area (Å²) in [5, 5.41) is 3.52. The number of nitrogens with zero attached hydrogens (tertiary/aromatic N) is 2. The van der Waals surface area contributed by atoms with Gasteiger partial charge >= 0.3 is 0 Å². The van der Waals surface area contributed by atoms with Crippen LogP contribution in [0, 0.1) is 19.8 Å². The highest BCUT2D eigenvalue weighted by Crippen LogP contribution is 2.22. The zero-order chi connectivity index (χ0) is 15.3. The maximum absolute atomic E-state index is 4.73. The predicted molar refractivity (Wildman–Crippen MR) is 88.3 cm³/mol. The largest absolute Gasteiger partial charge is 0.355 e. The van der Waals surface area contributed by atoms with Gasteiger partial charge in [0, 0.05) is 31.4 Å². The van der Waals surface area contributed by atoms with Crippen LogP contribution in [0.2, 0.25) is 0 Å². The second kappa shape index (κ2) is 7.44. The topological polar surface area (TPSA) is 28.2 Å². The Morgan fingerprint density at radius 1 is 1.40 bits per heavy atom. The Kier molecular flexibility index (Phi) is 6.21. The van der Waals surface area contributed by atoms with Crippen molar-refractivity contribution in [3.05, 3.63) is 35.0 Å². The van der Waals surface area contributed by atoms with E-state index in [0.717, 1.165) is 36.7 Å². The van der Waals surface area contributed by atoms with E-state index in [4.69, 9.17) is 4.98 Å². The summed E-state index contributed by atoms with van der Waals surface area (Å²) in [7, 11) is 2.09. The van der Waals surface area contributed by atoms with Gasteiger partial charge in [0.1, 0.15) is 5.82 Å². The third-order valence-corrected chi connectivity index (χ3v) is 3.18. The van der Waals surface area contributed by atoms with Gasteiger partial charge in [-0.05, 0) is 44.9 Å². The van der Waals surface area contributed by atoms with E-state index >= 15 is 0 Å². The summed E-state index contributed by atoms with van der Waals surface area (Å²) in [5.74, 6) is 1.73. The third kappa shape index (κ3) is 4.97. The first kappa shape index (κ1) is 16.7. The summed E-state index contributed by atoms with van der Waals surface area (Å²) >= 11 is 0. The summed E-state index contributed by atoms with van der Waals surface area (Å²) < 4.78 is 0. The van der Waals surface area contributed by atoms with Crippen molar-refractivity contribution in [2.45, 2.75) is 41.2 Å². The minimum Gasteiger partial charge on any atom is -0.355 e. The van der Waals surface area contributed by atoms with Gasteiger partial charge in [-0.1, -0.05) is 26.0 Å². The SMILES string of the molecule is C=C(C)CN(C)c1nc(C)cc(C)c1CNCC(C)C. The Bertz CT molecular complexity index is 464. The van der Waals surface area contributed by atoms with Crippen LogP contribution in [0.3, 0.4) is 0 Å². The number of aryl methyl sites for hydroxylation is 2. The zero-order valence-electron chi connectivity index (χ0n) is 13.9. The van der Waals surface area contributed by atoms with E-state index in [9.17, 15) is 0 Å². The van der Waals surface area contributed by atoms with Crippen molar-refractivity contribution >= 4 is 5.82 Å². The van der Waals surface area contributed by atoms with Gasteiger partial charge in [-0.2, -0.15) is 0 Å². The molecule has 0 bridgehead atoms. The van der Waals surface area contributed by atoms with Gasteiger partial charge in [0.05, 0.1) is 0 Å². The Morgan fingerprint density at radius 3 is 2.60 bits per heavy atom. The van der Waals surface area contributed by atoms with Crippen LogP contribution >= 0.6 is 0 Å². The van der Waals surface area contributed by atoms with Crippen LogP contribution < -0.4 is 10.2 Å². The highest BCUT2D eigenvalue weighted by Gasteiger charge is 2.13. The molecule has 0 fully saturated rings. The van der Waals surface area contributed by atoms with E-state index < -0.39 is 0 Å². The van der Waals surface area contributed by atoms with E-state index in [1.54, 1.807) is 0 Å². The number of likely N-dealkylation sites (N-methyl/N-ethyl adjacent to an activating group) is 1. The Labute approximate surface area is 124 Å². The van der Waals surface area contributed by atoms with Crippen molar-refractivity contribution < 1.29 is 0 Å². The average Bonchev–Trinajstić information content (AvgIpc) is 2.29. The smallest absolute Gasteiger partial charge is 0.133 e. The molecule has 0 amide bonds. The summed E-state index contributed by atoms with van der Waals surface area (Å²) in [6.07, 6.45) is 0. The molecule has 0 aromatic carbocycles. The van der Waals surface area contributed by atoms with Gasteiger partial charge in [-0.3, -0.25) is 0 Å². The molecule has 1 aromatic rings. The molecule has 0 atom stereocenters. The summed E-state index contributed by atoms with van der Waals surface area (Å²) in [6, 6.07) is 2.16. The van der Waals surface area contributed by atoms with E-state index in [1.165, 1.54) is 11.1 Å². The lowest BCUT2D eigenvalue weighted by Crippen LogP contribution is -2.26. The minimum absolute atomic E-state index is 0.658. The highest BCUT2D eigenvalue weighted by atomic mass is 15.2. The summed E-state index contributed by atoms with van der Waals surface area (Å²) in [6.45, 7) is 17.4. The number of aromatic nitrogens is 1. The van der Waals surface area contributed by atoms with Crippen LogP contribution in [0.5, 0.6) is 0 Å². The van der Waals surface area contributed by atoms with E-state index in [2.05, 4.69) is 64.5 Å². The maximum Gasteiger partial charge on any atom is 0.133 e. The zero-order valence-corrected chi connectivity index (χ0v) is 13.9. The molecule has 0 aliphatic heterocycles. The number of hydrogen-bond donors (Lipinski definition) is 1. The lowest BCUT2D eigenvalue weighted by Gasteiger charge is -2.23. The number of pyridine rings is 1. The highest BCUT2D eigenvalue weighted by molar-refractivity contribution is 5.51. The second-order valence-electron chi connectivity index (χ2n) is 6.22. The van der Waals surface area contributed by atoms with E-state index in [1.807, 2.05) is 0 Å². The lowest BCUT2D eigenvalue weighted by atomic mass is 10.1. The third-order valence-electron chi connectivity index (χ3n) is 3.18. The van der Waals surface area contributed by atoms with Crippen LogP contribution in [0.25, 0.3) is 0 Å². The minimum atomic E-state index is 0.658. The summed E-state index contributed by atoms with van der Waals surface area (Å²) in [4.78, 5) is 6.92. The molecule has 1 heterocycles. The Hall–Kier alpha value is -1.35. The molecule has 3 nitrogen and oxygen atoms in total. The van der Waals surface area contributed by atoms with Crippen LogP contribution in [0.1, 0.15) is 37.6 Å². The first-order valence-corrected chi connectivity index (χ1v) is 7.34. The van der Waals surface area contributed by atoms with Gasteiger partial charge in [-0.15, -0.1) is 0 Å². The quantitative estimate of drug-likeness (QED) is 0.772.